The largest absolute Gasteiger partial charge is 0.493 e. The molecule has 1 unspecified atom stereocenters. The number of hydrogen-bond acceptors (Lipinski definition) is 8. The highest BCUT2D eigenvalue weighted by atomic mass is 32.2. The minimum absolute atomic E-state index is 0.0817. The number of thioether (sulfide) groups is 1. The molecule has 0 amide bonds. The van der Waals surface area contributed by atoms with Gasteiger partial charge in [-0.05, 0) is 75.4 Å². The van der Waals surface area contributed by atoms with E-state index in [1.165, 1.54) is 36.7 Å². The van der Waals surface area contributed by atoms with Crippen molar-refractivity contribution in [2.24, 2.45) is 15.7 Å². The van der Waals surface area contributed by atoms with Gasteiger partial charge in [0.25, 0.3) is 10.0 Å². The Bertz CT molecular complexity index is 2420. The van der Waals surface area contributed by atoms with Gasteiger partial charge in [-0.15, -0.1) is 11.8 Å². The van der Waals surface area contributed by atoms with Crippen LogP contribution in [-0.2, 0) is 31.5 Å². The highest BCUT2D eigenvalue weighted by molar-refractivity contribution is 7.99. The SMILES string of the molecule is CCOC(=O)CCc1cccc2c1OCCC2(C)N=CN=C(N)c1cc(Oc2c(F)c(F)c3c(ccn3S(=O)(=O)c3ccc(C)cc3)c2SC)ccc1F. The van der Waals surface area contributed by atoms with E-state index >= 15 is 13.2 Å². The summed E-state index contributed by atoms with van der Waals surface area (Å²) >= 11 is 1.02. The Hall–Kier alpha value is -5.28. The summed E-state index contributed by atoms with van der Waals surface area (Å²) in [6.45, 7) is 6.11. The molecular formula is C39H37F3N4O6S2. The van der Waals surface area contributed by atoms with Crippen LogP contribution in [-0.4, -0.2) is 50.0 Å². The second-order valence-corrected chi connectivity index (χ2v) is 15.3. The second kappa shape index (κ2) is 15.6. The number of fused-ring (bicyclic) bond motifs is 2. The number of esters is 1. The van der Waals surface area contributed by atoms with Crippen molar-refractivity contribution in [3.63, 3.8) is 0 Å². The van der Waals surface area contributed by atoms with Crippen molar-refractivity contribution in [2.45, 2.75) is 55.4 Å². The Morgan fingerprint density at radius 3 is 2.57 bits per heavy atom. The van der Waals surface area contributed by atoms with Crippen LogP contribution in [0.1, 0.15) is 48.9 Å². The molecule has 15 heteroatoms. The number of carbonyl (C=O) groups is 1. The molecule has 0 spiro atoms. The fourth-order valence-electron chi connectivity index (χ4n) is 6.19. The number of nitrogens with zero attached hydrogens (tertiary/aromatic N) is 3. The summed E-state index contributed by atoms with van der Waals surface area (Å²) in [5, 5.41) is 0.0982. The Kier molecular flexibility index (Phi) is 11.1. The van der Waals surface area contributed by atoms with Crippen LogP contribution in [0.3, 0.4) is 0 Å². The molecule has 5 aromatic rings. The van der Waals surface area contributed by atoms with Crippen LogP contribution < -0.4 is 15.2 Å². The van der Waals surface area contributed by atoms with E-state index in [9.17, 15) is 13.2 Å². The van der Waals surface area contributed by atoms with Gasteiger partial charge in [0.05, 0.1) is 34.1 Å². The number of para-hydroxylation sites is 1. The molecule has 10 nitrogen and oxygen atoms in total. The van der Waals surface area contributed by atoms with Crippen molar-refractivity contribution >= 4 is 50.8 Å². The van der Waals surface area contributed by atoms with Gasteiger partial charge in [-0.2, -0.15) is 4.39 Å². The van der Waals surface area contributed by atoms with Gasteiger partial charge in [-0.1, -0.05) is 35.9 Å². The predicted molar refractivity (Wildman–Crippen MR) is 202 cm³/mol. The number of aliphatic imine (C=N–C) groups is 2. The Balaban J connectivity index is 1.28. The van der Waals surface area contributed by atoms with Crippen LogP contribution in [0, 0.1) is 24.4 Å². The zero-order chi connectivity index (χ0) is 38.8. The minimum Gasteiger partial charge on any atom is -0.493 e. The van der Waals surface area contributed by atoms with Crippen molar-refractivity contribution in [2.75, 3.05) is 19.5 Å². The van der Waals surface area contributed by atoms with E-state index in [0.717, 1.165) is 40.7 Å². The smallest absolute Gasteiger partial charge is 0.306 e. The van der Waals surface area contributed by atoms with E-state index in [0.29, 0.717) is 35.8 Å². The minimum atomic E-state index is -4.28. The van der Waals surface area contributed by atoms with Crippen LogP contribution in [0.15, 0.2) is 92.7 Å². The number of carbonyl (C=O) groups excluding carboxylic acids is 1. The fraction of sp³-hybridized carbons (Fsp3) is 0.256. The Morgan fingerprint density at radius 2 is 1.85 bits per heavy atom. The molecule has 0 aliphatic carbocycles. The molecule has 0 saturated carbocycles. The summed E-state index contributed by atoms with van der Waals surface area (Å²) < 4.78 is 91.2. The van der Waals surface area contributed by atoms with Gasteiger partial charge in [0.15, 0.2) is 11.6 Å². The number of benzene rings is 4. The molecule has 1 aromatic heterocycles. The third-order valence-electron chi connectivity index (χ3n) is 9.07. The first-order chi connectivity index (χ1) is 25.8. The number of hydrogen-bond donors (Lipinski definition) is 1. The molecule has 4 aromatic carbocycles. The molecular weight excluding hydrogens is 742 g/mol. The lowest BCUT2D eigenvalue weighted by molar-refractivity contribution is -0.143. The molecule has 6 rings (SSSR count). The molecule has 282 valence electrons. The van der Waals surface area contributed by atoms with Crippen LogP contribution in [0.25, 0.3) is 10.9 Å². The second-order valence-electron chi connectivity index (χ2n) is 12.7. The average Bonchev–Trinajstić information content (AvgIpc) is 3.60. The van der Waals surface area contributed by atoms with Gasteiger partial charge in [0, 0.05) is 30.0 Å². The molecule has 1 atom stereocenters. The van der Waals surface area contributed by atoms with Crippen molar-refractivity contribution in [3.8, 4) is 17.2 Å². The Labute approximate surface area is 314 Å². The van der Waals surface area contributed by atoms with Gasteiger partial charge in [0.2, 0.25) is 5.82 Å². The molecule has 0 radical (unpaired) electrons. The van der Waals surface area contributed by atoms with Crippen LogP contribution in [0.2, 0.25) is 0 Å². The van der Waals surface area contributed by atoms with E-state index in [2.05, 4.69) is 9.98 Å². The topological polar surface area (TPSA) is 135 Å². The summed E-state index contributed by atoms with van der Waals surface area (Å²) in [5.41, 5.74) is 7.24. The summed E-state index contributed by atoms with van der Waals surface area (Å²) in [6, 6.07) is 16.5. The Morgan fingerprint density at radius 1 is 1.09 bits per heavy atom. The molecule has 54 heavy (non-hydrogen) atoms. The van der Waals surface area contributed by atoms with Crippen molar-refractivity contribution in [3.05, 3.63) is 113 Å². The molecule has 2 heterocycles. The van der Waals surface area contributed by atoms with Gasteiger partial charge < -0.3 is 19.9 Å². The maximum Gasteiger partial charge on any atom is 0.306 e. The molecule has 1 aliphatic rings. The van der Waals surface area contributed by atoms with Crippen molar-refractivity contribution in [1.82, 2.24) is 3.97 Å². The fourth-order valence-corrected chi connectivity index (χ4v) is 8.24. The first-order valence-electron chi connectivity index (χ1n) is 16.9. The first kappa shape index (κ1) is 38.4. The lowest BCUT2D eigenvalue weighted by Gasteiger charge is -2.33. The van der Waals surface area contributed by atoms with Gasteiger partial charge in [-0.25, -0.2) is 26.2 Å². The van der Waals surface area contributed by atoms with Gasteiger partial charge >= 0.3 is 5.97 Å². The average molecular weight is 779 g/mol. The zero-order valence-electron chi connectivity index (χ0n) is 29.9. The number of aryl methyl sites for hydroxylation is 2. The van der Waals surface area contributed by atoms with E-state index in [-0.39, 0.29) is 44.7 Å². The maximum absolute atomic E-state index is 15.8. The van der Waals surface area contributed by atoms with E-state index in [4.69, 9.17) is 19.9 Å². The summed E-state index contributed by atoms with van der Waals surface area (Å²) in [6.07, 6.45) is 5.13. The first-order valence-corrected chi connectivity index (χ1v) is 19.6. The summed E-state index contributed by atoms with van der Waals surface area (Å²) in [5.74, 6) is -4.14. The van der Waals surface area contributed by atoms with Crippen LogP contribution in [0.4, 0.5) is 13.2 Å². The highest BCUT2D eigenvalue weighted by Crippen LogP contribution is 2.44. The third-order valence-corrected chi connectivity index (χ3v) is 11.6. The third kappa shape index (κ3) is 7.42. The van der Waals surface area contributed by atoms with Gasteiger partial charge in [-0.3, -0.25) is 9.79 Å². The quantitative estimate of drug-likeness (QED) is 0.0582. The number of amidine groups is 1. The lowest BCUT2D eigenvalue weighted by Crippen LogP contribution is -2.29. The van der Waals surface area contributed by atoms with Crippen LogP contribution >= 0.6 is 11.8 Å². The molecule has 1 aliphatic heterocycles. The zero-order valence-corrected chi connectivity index (χ0v) is 31.5. The molecule has 0 saturated heterocycles. The monoisotopic (exact) mass is 778 g/mol. The van der Waals surface area contributed by atoms with E-state index in [1.54, 1.807) is 32.2 Å². The van der Waals surface area contributed by atoms with Crippen molar-refractivity contribution < 1.29 is 40.6 Å². The molecule has 0 fully saturated rings. The number of nitrogens with two attached hydrogens (primary N) is 1. The van der Waals surface area contributed by atoms with Crippen LogP contribution in [0.5, 0.6) is 17.2 Å². The number of rotatable bonds is 12. The van der Waals surface area contributed by atoms with E-state index < -0.39 is 44.3 Å². The summed E-state index contributed by atoms with van der Waals surface area (Å²) in [4.78, 5) is 20.8. The summed E-state index contributed by atoms with van der Waals surface area (Å²) in [7, 11) is -4.28. The van der Waals surface area contributed by atoms with E-state index in [1.807, 2.05) is 25.1 Å². The normalized spacial score (nSPS) is 16.0. The number of halogens is 3. The predicted octanol–water partition coefficient (Wildman–Crippen LogP) is 8.05. The number of aromatic nitrogens is 1. The number of ether oxygens (including phenoxy) is 3. The van der Waals surface area contributed by atoms with Crippen molar-refractivity contribution in [1.29, 1.82) is 0 Å². The maximum atomic E-state index is 15.8. The highest BCUT2D eigenvalue weighted by Gasteiger charge is 2.34. The standard InChI is InChI=1S/C39H37F3N4O6S2/c1-5-50-31(47)16-11-24-7-6-8-29-35(24)51-20-18-39(29,3)45-22-44-38(43)28-21-25(12-15-30(28)40)52-36-33(42)32(41)34-27(37(36)53-4)17-19-46(34)54(48,49)26-13-9-23(2)10-14-26/h6-10,12-15,17,19,21-22H,5,11,16,18,20H2,1-4H3,(H2,43,44,45). The molecule has 2 N–H and O–H groups in total. The van der Waals surface area contributed by atoms with Gasteiger partial charge in [0.1, 0.15) is 35.0 Å². The molecule has 0 bridgehead atoms. The lowest BCUT2D eigenvalue weighted by atomic mass is 9.85.